The molecule has 0 amide bonds. The number of hydrogen-bond acceptors (Lipinski definition) is 4. The van der Waals surface area contributed by atoms with E-state index in [1.165, 1.54) is 19.2 Å². The van der Waals surface area contributed by atoms with Gasteiger partial charge < -0.3 is 9.47 Å². The molecule has 0 saturated carbocycles. The summed E-state index contributed by atoms with van der Waals surface area (Å²) in [6.07, 6.45) is 0. The molecule has 2 aromatic carbocycles. The first kappa shape index (κ1) is 16.6. The van der Waals surface area contributed by atoms with Gasteiger partial charge in [0.25, 0.3) is 0 Å². The third-order valence-electron chi connectivity index (χ3n) is 3.77. The largest absolute Gasteiger partial charge is 0.497 e. The molecular weight excluding hydrogens is 321 g/mol. The van der Waals surface area contributed by atoms with Gasteiger partial charge in [-0.2, -0.15) is 0 Å². The third kappa shape index (κ3) is 3.66. The molecule has 25 heavy (non-hydrogen) atoms. The summed E-state index contributed by atoms with van der Waals surface area (Å²) in [6.45, 7) is 0. The first-order valence-electron chi connectivity index (χ1n) is 7.61. The van der Waals surface area contributed by atoms with Crippen LogP contribution >= 0.6 is 0 Å². The lowest BCUT2D eigenvalue weighted by atomic mass is 10.0. The van der Waals surface area contributed by atoms with Gasteiger partial charge in [-0.15, -0.1) is 0 Å². The number of pyridine rings is 1. The summed E-state index contributed by atoms with van der Waals surface area (Å²) < 4.78 is 23.2. The maximum absolute atomic E-state index is 13.2. The van der Waals surface area contributed by atoms with Crippen molar-refractivity contribution in [1.82, 2.24) is 4.98 Å². The topological polar surface area (TPSA) is 48.4 Å². The van der Waals surface area contributed by atoms with E-state index >= 15 is 0 Å². The van der Waals surface area contributed by atoms with Crippen molar-refractivity contribution < 1.29 is 18.7 Å². The molecule has 0 aliphatic carbocycles. The lowest BCUT2D eigenvalue weighted by Gasteiger charge is -2.09. The van der Waals surface area contributed by atoms with Crippen LogP contribution in [0.25, 0.3) is 22.5 Å². The number of carbonyl (C=O) groups is 1. The Bertz CT molecular complexity index is 890. The van der Waals surface area contributed by atoms with E-state index in [2.05, 4.69) is 4.98 Å². The molecule has 126 valence electrons. The molecule has 0 aliphatic rings. The van der Waals surface area contributed by atoms with Crippen LogP contribution in [0.2, 0.25) is 0 Å². The lowest BCUT2D eigenvalue weighted by Crippen LogP contribution is -2.03. The quantitative estimate of drug-likeness (QED) is 0.664. The number of hydrogen-bond donors (Lipinski definition) is 0. The minimum atomic E-state index is -0.458. The van der Waals surface area contributed by atoms with E-state index in [1.807, 2.05) is 24.3 Å². The molecular formula is C20H16FNO3. The van der Waals surface area contributed by atoms with Gasteiger partial charge in [0.1, 0.15) is 11.6 Å². The number of esters is 1. The average molecular weight is 337 g/mol. The van der Waals surface area contributed by atoms with Crippen LogP contribution in [0.1, 0.15) is 10.4 Å². The van der Waals surface area contributed by atoms with Gasteiger partial charge in [0.2, 0.25) is 0 Å². The lowest BCUT2D eigenvalue weighted by molar-refractivity contribution is 0.0600. The van der Waals surface area contributed by atoms with E-state index in [0.717, 1.165) is 11.3 Å². The minimum absolute atomic E-state index is 0.330. The summed E-state index contributed by atoms with van der Waals surface area (Å²) in [4.78, 5) is 16.6. The molecule has 0 aliphatic heterocycles. The molecule has 0 N–H and O–H groups in total. The summed E-state index contributed by atoms with van der Waals surface area (Å²) in [5, 5.41) is 0. The third-order valence-corrected chi connectivity index (χ3v) is 3.77. The molecule has 0 radical (unpaired) electrons. The number of aromatic nitrogens is 1. The van der Waals surface area contributed by atoms with E-state index < -0.39 is 5.97 Å². The van der Waals surface area contributed by atoms with Crippen molar-refractivity contribution in [2.75, 3.05) is 14.2 Å². The Morgan fingerprint density at radius 2 is 1.40 bits per heavy atom. The molecule has 4 nitrogen and oxygen atoms in total. The second-order valence-electron chi connectivity index (χ2n) is 5.35. The summed E-state index contributed by atoms with van der Waals surface area (Å²) in [7, 11) is 2.92. The van der Waals surface area contributed by atoms with Gasteiger partial charge in [-0.1, -0.05) is 0 Å². The Balaban J connectivity index is 2.12. The van der Waals surface area contributed by atoms with Crippen molar-refractivity contribution in [2.45, 2.75) is 0 Å². The molecule has 0 fully saturated rings. The van der Waals surface area contributed by atoms with Crippen LogP contribution < -0.4 is 4.74 Å². The molecule has 3 rings (SSSR count). The molecule has 1 heterocycles. The zero-order chi connectivity index (χ0) is 17.8. The Hall–Kier alpha value is -3.21. The number of halogens is 1. The average Bonchev–Trinajstić information content (AvgIpc) is 2.67. The fourth-order valence-corrected chi connectivity index (χ4v) is 2.44. The van der Waals surface area contributed by atoms with Crippen molar-refractivity contribution in [1.29, 1.82) is 0 Å². The van der Waals surface area contributed by atoms with Gasteiger partial charge in [0, 0.05) is 11.1 Å². The molecule has 0 bridgehead atoms. The molecule has 3 aromatic rings. The van der Waals surface area contributed by atoms with Crippen molar-refractivity contribution in [2.24, 2.45) is 0 Å². The summed E-state index contributed by atoms with van der Waals surface area (Å²) in [6, 6.07) is 16.6. The fourth-order valence-electron chi connectivity index (χ4n) is 2.44. The number of methoxy groups -OCH3 is 2. The van der Waals surface area contributed by atoms with Crippen molar-refractivity contribution in [3.05, 3.63) is 72.0 Å². The van der Waals surface area contributed by atoms with Crippen molar-refractivity contribution in [3.8, 4) is 28.3 Å². The molecule has 0 spiro atoms. The fraction of sp³-hybridized carbons (Fsp3) is 0.100. The van der Waals surface area contributed by atoms with E-state index in [4.69, 9.17) is 9.47 Å². The normalized spacial score (nSPS) is 10.4. The van der Waals surface area contributed by atoms with E-state index in [-0.39, 0.29) is 5.82 Å². The smallest absolute Gasteiger partial charge is 0.338 e. The first-order valence-corrected chi connectivity index (χ1v) is 7.61. The van der Waals surface area contributed by atoms with Gasteiger partial charge in [0.15, 0.2) is 0 Å². The Morgan fingerprint density at radius 3 is 1.88 bits per heavy atom. The highest BCUT2D eigenvalue weighted by Gasteiger charge is 2.13. The highest BCUT2D eigenvalue weighted by atomic mass is 19.1. The standard InChI is InChI=1S/C20H16FNO3/c1-24-17-9-5-14(6-10-17)19-12-15(20(23)25-2)11-18(22-19)13-3-7-16(21)8-4-13/h3-12H,1-2H3. The van der Waals surface area contributed by atoms with Crippen LogP contribution in [0.3, 0.4) is 0 Å². The maximum atomic E-state index is 13.2. The van der Waals surface area contributed by atoms with Gasteiger partial charge in [-0.3, -0.25) is 0 Å². The highest BCUT2D eigenvalue weighted by Crippen LogP contribution is 2.26. The number of nitrogens with zero attached hydrogens (tertiary/aromatic N) is 1. The van der Waals surface area contributed by atoms with Gasteiger partial charge >= 0.3 is 5.97 Å². The van der Waals surface area contributed by atoms with Crippen LogP contribution in [-0.4, -0.2) is 25.2 Å². The predicted octanol–water partition coefficient (Wildman–Crippen LogP) is 4.35. The van der Waals surface area contributed by atoms with Crippen LogP contribution in [0.15, 0.2) is 60.7 Å². The Morgan fingerprint density at radius 1 is 0.880 bits per heavy atom. The second-order valence-corrected chi connectivity index (χ2v) is 5.35. The maximum Gasteiger partial charge on any atom is 0.338 e. The zero-order valence-corrected chi connectivity index (χ0v) is 13.8. The van der Waals surface area contributed by atoms with Crippen molar-refractivity contribution in [3.63, 3.8) is 0 Å². The van der Waals surface area contributed by atoms with Crippen LogP contribution in [0.5, 0.6) is 5.75 Å². The van der Waals surface area contributed by atoms with E-state index in [1.54, 1.807) is 31.4 Å². The van der Waals surface area contributed by atoms with E-state index in [0.29, 0.717) is 22.5 Å². The number of benzene rings is 2. The van der Waals surface area contributed by atoms with Crippen LogP contribution in [-0.2, 0) is 4.74 Å². The second kappa shape index (κ2) is 7.13. The van der Waals surface area contributed by atoms with Gasteiger partial charge in [-0.05, 0) is 60.7 Å². The predicted molar refractivity (Wildman–Crippen MR) is 93.0 cm³/mol. The Labute approximate surface area is 144 Å². The zero-order valence-electron chi connectivity index (χ0n) is 13.8. The molecule has 0 atom stereocenters. The van der Waals surface area contributed by atoms with Gasteiger partial charge in [0.05, 0.1) is 31.2 Å². The summed E-state index contributed by atoms with van der Waals surface area (Å²) >= 11 is 0. The number of carbonyl (C=O) groups excluding carboxylic acids is 1. The monoisotopic (exact) mass is 337 g/mol. The minimum Gasteiger partial charge on any atom is -0.497 e. The molecule has 0 saturated heterocycles. The molecule has 1 aromatic heterocycles. The van der Waals surface area contributed by atoms with Crippen LogP contribution in [0.4, 0.5) is 4.39 Å². The summed E-state index contributed by atoms with van der Waals surface area (Å²) in [5.41, 5.74) is 3.10. The van der Waals surface area contributed by atoms with Gasteiger partial charge in [-0.25, -0.2) is 14.2 Å². The first-order chi connectivity index (χ1) is 12.1. The molecule has 5 heteroatoms. The SMILES string of the molecule is COC(=O)c1cc(-c2ccc(F)cc2)nc(-c2ccc(OC)cc2)c1. The Kier molecular flexibility index (Phi) is 4.75. The number of ether oxygens (including phenoxy) is 2. The number of rotatable bonds is 4. The summed E-state index contributed by atoms with van der Waals surface area (Å²) in [5.74, 6) is -0.0598. The van der Waals surface area contributed by atoms with Crippen molar-refractivity contribution >= 4 is 5.97 Å². The van der Waals surface area contributed by atoms with E-state index in [9.17, 15) is 9.18 Å². The molecule has 0 unspecified atom stereocenters. The van der Waals surface area contributed by atoms with Crippen LogP contribution in [0, 0.1) is 5.82 Å². The highest BCUT2D eigenvalue weighted by molar-refractivity contribution is 5.92.